The minimum atomic E-state index is -0.724. The fourth-order valence-corrected chi connectivity index (χ4v) is 4.26. The summed E-state index contributed by atoms with van der Waals surface area (Å²) in [6.07, 6.45) is 14.2. The monoisotopic (exact) mass is 392 g/mol. The van der Waals surface area contributed by atoms with Crippen LogP contribution in [0.25, 0.3) is 0 Å². The molecule has 0 fully saturated rings. The number of hydrogen-bond acceptors (Lipinski definition) is 2. The summed E-state index contributed by atoms with van der Waals surface area (Å²) >= 11 is 0. The van der Waals surface area contributed by atoms with Crippen molar-refractivity contribution >= 4 is 5.97 Å². The van der Waals surface area contributed by atoms with Crippen LogP contribution < -0.4 is 0 Å². The van der Waals surface area contributed by atoms with Crippen molar-refractivity contribution in [1.29, 1.82) is 0 Å². The number of ether oxygens (including phenoxy) is 1. The summed E-state index contributed by atoms with van der Waals surface area (Å²) in [6, 6.07) is 0. The summed E-state index contributed by atoms with van der Waals surface area (Å²) in [5.74, 6) is 0.906. The van der Waals surface area contributed by atoms with E-state index in [4.69, 9.17) is 9.84 Å². The van der Waals surface area contributed by atoms with E-state index in [1.165, 1.54) is 37.7 Å². The Labute approximate surface area is 173 Å². The highest BCUT2D eigenvalue weighted by atomic mass is 16.5. The molecule has 0 saturated carbocycles. The van der Waals surface area contributed by atoms with E-state index in [0.29, 0.717) is 23.2 Å². The summed E-state index contributed by atoms with van der Waals surface area (Å²) in [6.45, 7) is 15.1. The molecule has 162 valence electrons. The first kappa shape index (κ1) is 24.8. The largest absolute Gasteiger partial charge is 0.498 e. The molecule has 1 aliphatic rings. The van der Waals surface area contributed by atoms with Crippen molar-refractivity contribution in [1.82, 2.24) is 0 Å². The molecule has 1 rings (SSSR count). The maximum atomic E-state index is 10.7. The zero-order valence-electron chi connectivity index (χ0n) is 19.3. The van der Waals surface area contributed by atoms with Crippen LogP contribution in [0.3, 0.4) is 0 Å². The fraction of sp³-hybridized carbons (Fsp3) is 0.800. The van der Waals surface area contributed by atoms with Crippen LogP contribution in [0.2, 0.25) is 0 Å². The SMILES string of the molecule is CCCCC(C)(C)C(C)(CC)CC(CC)COC1=CC=C(CCC(=O)O)CC1. The van der Waals surface area contributed by atoms with E-state index in [1.807, 2.05) is 0 Å². The quantitative estimate of drug-likeness (QED) is 0.332. The van der Waals surface area contributed by atoms with Crippen molar-refractivity contribution < 1.29 is 14.6 Å². The number of unbranched alkanes of at least 4 members (excludes halogenated alkanes) is 1. The molecule has 0 spiro atoms. The minimum Gasteiger partial charge on any atom is -0.498 e. The van der Waals surface area contributed by atoms with Gasteiger partial charge in [-0.2, -0.15) is 0 Å². The van der Waals surface area contributed by atoms with E-state index in [9.17, 15) is 4.79 Å². The molecule has 0 amide bonds. The van der Waals surface area contributed by atoms with Crippen LogP contribution in [0.1, 0.15) is 106 Å². The topological polar surface area (TPSA) is 46.5 Å². The molecule has 0 bridgehead atoms. The van der Waals surface area contributed by atoms with Crippen molar-refractivity contribution in [3.8, 4) is 0 Å². The lowest BCUT2D eigenvalue weighted by atomic mass is 9.59. The zero-order chi connectivity index (χ0) is 21.2. The zero-order valence-corrected chi connectivity index (χ0v) is 19.3. The summed E-state index contributed by atoms with van der Waals surface area (Å²) < 4.78 is 6.19. The first-order valence-electron chi connectivity index (χ1n) is 11.4. The molecule has 0 aromatic carbocycles. The highest BCUT2D eigenvalue weighted by Gasteiger charge is 2.40. The van der Waals surface area contributed by atoms with E-state index in [1.54, 1.807) is 0 Å². The molecule has 0 aliphatic heterocycles. The predicted octanol–water partition coefficient (Wildman–Crippen LogP) is 7.52. The lowest BCUT2D eigenvalue weighted by Gasteiger charge is -2.46. The maximum absolute atomic E-state index is 10.7. The van der Waals surface area contributed by atoms with Gasteiger partial charge in [0, 0.05) is 12.8 Å². The van der Waals surface area contributed by atoms with Gasteiger partial charge < -0.3 is 9.84 Å². The summed E-state index contributed by atoms with van der Waals surface area (Å²) in [5, 5.41) is 8.82. The highest BCUT2D eigenvalue weighted by Crippen LogP contribution is 2.49. The first-order valence-corrected chi connectivity index (χ1v) is 11.4. The summed E-state index contributed by atoms with van der Waals surface area (Å²) in [4.78, 5) is 10.7. The van der Waals surface area contributed by atoms with Gasteiger partial charge in [-0.1, -0.05) is 78.9 Å². The Hall–Kier alpha value is -1.25. The van der Waals surface area contributed by atoms with Crippen LogP contribution in [0.15, 0.2) is 23.5 Å². The number of carboxylic acid groups (broad SMARTS) is 1. The Morgan fingerprint density at radius 3 is 2.39 bits per heavy atom. The van der Waals surface area contributed by atoms with Crippen molar-refractivity contribution in [2.75, 3.05) is 6.61 Å². The number of rotatable bonds is 14. The molecule has 0 radical (unpaired) electrons. The predicted molar refractivity (Wildman–Crippen MR) is 118 cm³/mol. The Bertz CT molecular complexity index is 544. The van der Waals surface area contributed by atoms with Gasteiger partial charge in [0.1, 0.15) is 0 Å². The third kappa shape index (κ3) is 7.64. The summed E-state index contributed by atoms with van der Waals surface area (Å²) in [5.41, 5.74) is 1.90. The van der Waals surface area contributed by atoms with E-state index in [2.05, 4.69) is 53.7 Å². The molecule has 0 saturated heterocycles. The maximum Gasteiger partial charge on any atom is 0.303 e. The lowest BCUT2D eigenvalue weighted by molar-refractivity contribution is -0.136. The van der Waals surface area contributed by atoms with Gasteiger partial charge in [-0.15, -0.1) is 0 Å². The second-order valence-corrected chi connectivity index (χ2v) is 9.54. The molecule has 2 atom stereocenters. The van der Waals surface area contributed by atoms with E-state index in [-0.39, 0.29) is 6.42 Å². The Balaban J connectivity index is 2.63. The third-order valence-electron chi connectivity index (χ3n) is 7.25. The van der Waals surface area contributed by atoms with Crippen LogP contribution in [-0.2, 0) is 9.53 Å². The van der Waals surface area contributed by atoms with E-state index >= 15 is 0 Å². The molecule has 0 aromatic rings. The van der Waals surface area contributed by atoms with Crippen molar-refractivity contribution in [2.45, 2.75) is 106 Å². The number of aliphatic carboxylic acids is 1. The Morgan fingerprint density at radius 2 is 1.89 bits per heavy atom. The van der Waals surface area contributed by atoms with Gasteiger partial charge in [0.15, 0.2) is 0 Å². The second-order valence-electron chi connectivity index (χ2n) is 9.54. The highest BCUT2D eigenvalue weighted by molar-refractivity contribution is 5.67. The molecule has 0 aromatic heterocycles. The first-order chi connectivity index (χ1) is 13.2. The van der Waals surface area contributed by atoms with Crippen molar-refractivity contribution in [3.63, 3.8) is 0 Å². The number of hydrogen-bond donors (Lipinski definition) is 1. The van der Waals surface area contributed by atoms with Gasteiger partial charge in [-0.3, -0.25) is 4.79 Å². The Kier molecular flexibility index (Phi) is 10.3. The average Bonchev–Trinajstić information content (AvgIpc) is 2.68. The molecule has 3 nitrogen and oxygen atoms in total. The third-order valence-corrected chi connectivity index (χ3v) is 7.25. The Morgan fingerprint density at radius 1 is 1.18 bits per heavy atom. The summed E-state index contributed by atoms with van der Waals surface area (Å²) in [7, 11) is 0. The number of allylic oxidation sites excluding steroid dienone is 4. The fourth-order valence-electron chi connectivity index (χ4n) is 4.26. The number of carbonyl (C=O) groups is 1. The van der Waals surface area contributed by atoms with Gasteiger partial charge in [-0.05, 0) is 48.5 Å². The van der Waals surface area contributed by atoms with Gasteiger partial charge in [0.25, 0.3) is 0 Å². The number of carboxylic acids is 1. The minimum absolute atomic E-state index is 0.219. The molecular formula is C25H44O3. The van der Waals surface area contributed by atoms with Gasteiger partial charge in [-0.25, -0.2) is 0 Å². The van der Waals surface area contributed by atoms with Crippen LogP contribution in [0, 0.1) is 16.7 Å². The normalized spacial score (nSPS) is 18.1. The molecule has 3 heteroatoms. The molecule has 28 heavy (non-hydrogen) atoms. The van der Waals surface area contributed by atoms with E-state index < -0.39 is 5.97 Å². The van der Waals surface area contributed by atoms with Crippen LogP contribution in [0.4, 0.5) is 0 Å². The van der Waals surface area contributed by atoms with Gasteiger partial charge in [0.05, 0.1) is 12.4 Å². The second kappa shape index (κ2) is 11.7. The molecule has 1 aliphatic carbocycles. The van der Waals surface area contributed by atoms with Gasteiger partial charge >= 0.3 is 5.97 Å². The van der Waals surface area contributed by atoms with Crippen molar-refractivity contribution in [3.05, 3.63) is 23.5 Å². The van der Waals surface area contributed by atoms with Crippen LogP contribution in [-0.4, -0.2) is 17.7 Å². The molecular weight excluding hydrogens is 348 g/mol. The van der Waals surface area contributed by atoms with Crippen molar-refractivity contribution in [2.24, 2.45) is 16.7 Å². The molecule has 0 heterocycles. The molecule has 1 N–H and O–H groups in total. The smallest absolute Gasteiger partial charge is 0.303 e. The van der Waals surface area contributed by atoms with Crippen LogP contribution >= 0.6 is 0 Å². The van der Waals surface area contributed by atoms with Gasteiger partial charge in [0.2, 0.25) is 0 Å². The van der Waals surface area contributed by atoms with Crippen LogP contribution in [0.5, 0.6) is 0 Å². The lowest BCUT2D eigenvalue weighted by Crippen LogP contribution is -2.37. The van der Waals surface area contributed by atoms with E-state index in [0.717, 1.165) is 31.6 Å². The standard InChI is InChI=1S/C25H44O3/c1-7-10-17-24(4,5)25(6,9-3)18-20(8-2)19-28-22-14-11-21(12-15-22)13-16-23(26)27/h11,14,20H,7-10,12-13,15-19H2,1-6H3,(H,26,27). The molecule has 2 unspecified atom stereocenters. The average molecular weight is 393 g/mol.